The summed E-state index contributed by atoms with van der Waals surface area (Å²) in [5.74, 6) is 0.397. The van der Waals surface area contributed by atoms with Gasteiger partial charge in [-0.25, -0.2) is 4.39 Å². The Hall–Kier alpha value is -2.67. The van der Waals surface area contributed by atoms with E-state index in [1.807, 2.05) is 41.8 Å². The number of halogens is 1. The predicted molar refractivity (Wildman–Crippen MR) is 117 cm³/mol. The van der Waals surface area contributed by atoms with E-state index >= 15 is 0 Å². The first-order valence-corrected chi connectivity index (χ1v) is 11.2. The number of carbonyl (C=O) groups is 1. The molecule has 1 saturated carbocycles. The van der Waals surface area contributed by atoms with Gasteiger partial charge < -0.3 is 5.32 Å². The van der Waals surface area contributed by atoms with E-state index in [0.29, 0.717) is 17.5 Å². The minimum Gasteiger partial charge on any atom is -0.352 e. The fourth-order valence-corrected chi connectivity index (χ4v) is 4.55. The zero-order valence-electron chi connectivity index (χ0n) is 16.9. The molecule has 0 bridgehead atoms. The maximum Gasteiger partial charge on any atom is 0.233 e. The van der Waals surface area contributed by atoms with E-state index in [1.165, 1.54) is 36.7 Å². The number of benzene rings is 2. The Kier molecular flexibility index (Phi) is 6.47. The standard InChI is InChI=1S/C23H25FN4OS/c1-16(22(29)25-20-9-5-6-10-20)30-23-27-26-21(18-11-13-19(24)14-12-18)28(23)15-17-7-3-2-4-8-17/h2-4,7-8,11-14,16,20H,5-6,9-10,15H2,1H3,(H,25,29). The summed E-state index contributed by atoms with van der Waals surface area (Å²) in [7, 11) is 0. The molecule has 1 amide bonds. The summed E-state index contributed by atoms with van der Waals surface area (Å²) in [4.78, 5) is 12.7. The lowest BCUT2D eigenvalue weighted by Gasteiger charge is -2.17. The molecule has 0 spiro atoms. The van der Waals surface area contributed by atoms with Gasteiger partial charge in [-0.1, -0.05) is 54.9 Å². The topological polar surface area (TPSA) is 59.8 Å². The Labute approximate surface area is 180 Å². The number of hydrogen-bond acceptors (Lipinski definition) is 4. The second-order valence-electron chi connectivity index (χ2n) is 7.63. The van der Waals surface area contributed by atoms with Crippen molar-refractivity contribution in [3.63, 3.8) is 0 Å². The minimum atomic E-state index is -0.292. The normalized spacial score (nSPS) is 15.3. The van der Waals surface area contributed by atoms with Crippen molar-refractivity contribution < 1.29 is 9.18 Å². The second-order valence-corrected chi connectivity index (χ2v) is 8.94. The molecule has 1 unspecified atom stereocenters. The van der Waals surface area contributed by atoms with Gasteiger partial charge in [0.15, 0.2) is 11.0 Å². The summed E-state index contributed by atoms with van der Waals surface area (Å²) < 4.78 is 15.4. The highest BCUT2D eigenvalue weighted by Gasteiger charge is 2.24. The maximum atomic E-state index is 13.4. The van der Waals surface area contributed by atoms with Crippen LogP contribution in [0.3, 0.4) is 0 Å². The molecule has 2 aromatic carbocycles. The molecular formula is C23H25FN4OS. The van der Waals surface area contributed by atoms with Gasteiger partial charge in [-0.3, -0.25) is 9.36 Å². The molecule has 0 saturated heterocycles. The highest BCUT2D eigenvalue weighted by Crippen LogP contribution is 2.28. The van der Waals surface area contributed by atoms with Crippen LogP contribution in [0.25, 0.3) is 11.4 Å². The van der Waals surface area contributed by atoms with Crippen LogP contribution in [0.15, 0.2) is 59.8 Å². The van der Waals surface area contributed by atoms with E-state index in [9.17, 15) is 9.18 Å². The molecule has 1 heterocycles. The third kappa shape index (κ3) is 4.90. The Morgan fingerprint density at radius 3 is 2.53 bits per heavy atom. The van der Waals surface area contributed by atoms with Gasteiger partial charge in [0.2, 0.25) is 5.91 Å². The Morgan fingerprint density at radius 1 is 1.13 bits per heavy atom. The highest BCUT2D eigenvalue weighted by atomic mass is 32.2. The quantitative estimate of drug-likeness (QED) is 0.560. The van der Waals surface area contributed by atoms with Crippen LogP contribution in [-0.2, 0) is 11.3 Å². The maximum absolute atomic E-state index is 13.4. The predicted octanol–water partition coefficient (Wildman–Crippen LogP) is 4.67. The van der Waals surface area contributed by atoms with E-state index in [0.717, 1.165) is 24.0 Å². The number of nitrogens with zero attached hydrogens (tertiary/aromatic N) is 3. The first-order chi connectivity index (χ1) is 14.6. The van der Waals surface area contributed by atoms with Crippen LogP contribution in [0.4, 0.5) is 4.39 Å². The van der Waals surface area contributed by atoms with Crippen molar-refractivity contribution in [2.24, 2.45) is 0 Å². The highest BCUT2D eigenvalue weighted by molar-refractivity contribution is 8.00. The van der Waals surface area contributed by atoms with Gasteiger partial charge in [0.1, 0.15) is 5.82 Å². The lowest BCUT2D eigenvalue weighted by molar-refractivity contribution is -0.120. The van der Waals surface area contributed by atoms with E-state index < -0.39 is 0 Å². The summed E-state index contributed by atoms with van der Waals surface area (Å²) >= 11 is 1.40. The van der Waals surface area contributed by atoms with E-state index in [1.54, 1.807) is 12.1 Å². The first kappa shape index (κ1) is 20.6. The van der Waals surface area contributed by atoms with Gasteiger partial charge in [-0.05, 0) is 49.6 Å². The van der Waals surface area contributed by atoms with Crippen molar-refractivity contribution >= 4 is 17.7 Å². The van der Waals surface area contributed by atoms with Gasteiger partial charge in [0.25, 0.3) is 0 Å². The van der Waals surface area contributed by atoms with Crippen LogP contribution in [0.5, 0.6) is 0 Å². The summed E-state index contributed by atoms with van der Waals surface area (Å²) in [5, 5.41) is 12.3. The Balaban J connectivity index is 1.58. The lowest BCUT2D eigenvalue weighted by Crippen LogP contribution is -2.37. The molecule has 1 aliphatic carbocycles. The fraction of sp³-hybridized carbons (Fsp3) is 0.348. The number of rotatable bonds is 7. The smallest absolute Gasteiger partial charge is 0.233 e. The molecule has 7 heteroatoms. The Bertz CT molecular complexity index is 984. The molecule has 156 valence electrons. The molecule has 4 rings (SSSR count). The molecule has 30 heavy (non-hydrogen) atoms. The van der Waals surface area contributed by atoms with Gasteiger partial charge in [0, 0.05) is 11.6 Å². The summed E-state index contributed by atoms with van der Waals surface area (Å²) in [5.41, 5.74) is 1.89. The summed E-state index contributed by atoms with van der Waals surface area (Å²) in [6, 6.07) is 16.6. The van der Waals surface area contributed by atoms with Gasteiger partial charge in [-0.2, -0.15) is 0 Å². The van der Waals surface area contributed by atoms with Crippen molar-refractivity contribution in [2.45, 2.75) is 55.6 Å². The van der Waals surface area contributed by atoms with Crippen molar-refractivity contribution in [1.82, 2.24) is 20.1 Å². The number of carbonyl (C=O) groups excluding carboxylic acids is 1. The van der Waals surface area contributed by atoms with Crippen LogP contribution in [0.2, 0.25) is 0 Å². The largest absolute Gasteiger partial charge is 0.352 e. The third-order valence-corrected chi connectivity index (χ3v) is 6.44. The number of aromatic nitrogens is 3. The molecule has 0 radical (unpaired) electrons. The summed E-state index contributed by atoms with van der Waals surface area (Å²) in [6.07, 6.45) is 4.47. The second kappa shape index (κ2) is 9.43. The molecule has 5 nitrogen and oxygen atoms in total. The molecule has 1 aliphatic rings. The van der Waals surface area contributed by atoms with Crippen molar-refractivity contribution in [1.29, 1.82) is 0 Å². The molecule has 3 aromatic rings. The average molecular weight is 425 g/mol. The van der Waals surface area contributed by atoms with Gasteiger partial charge in [0.05, 0.1) is 11.8 Å². The molecule has 0 aliphatic heterocycles. The SMILES string of the molecule is CC(Sc1nnc(-c2ccc(F)cc2)n1Cc1ccccc1)C(=O)NC1CCCC1. The molecular weight excluding hydrogens is 399 g/mol. The van der Waals surface area contributed by atoms with Crippen molar-refractivity contribution in [2.75, 3.05) is 0 Å². The number of thioether (sulfide) groups is 1. The molecule has 1 fully saturated rings. The van der Waals surface area contributed by atoms with Crippen LogP contribution >= 0.6 is 11.8 Å². The van der Waals surface area contributed by atoms with E-state index in [-0.39, 0.29) is 23.0 Å². The number of amides is 1. The van der Waals surface area contributed by atoms with E-state index in [2.05, 4.69) is 15.5 Å². The van der Waals surface area contributed by atoms with Crippen LogP contribution < -0.4 is 5.32 Å². The van der Waals surface area contributed by atoms with Crippen LogP contribution in [0.1, 0.15) is 38.2 Å². The zero-order chi connectivity index (χ0) is 20.9. The monoisotopic (exact) mass is 424 g/mol. The fourth-order valence-electron chi connectivity index (χ4n) is 3.70. The first-order valence-electron chi connectivity index (χ1n) is 10.3. The summed E-state index contributed by atoms with van der Waals surface area (Å²) in [6.45, 7) is 2.47. The number of hydrogen-bond donors (Lipinski definition) is 1. The molecule has 1 aromatic heterocycles. The Morgan fingerprint density at radius 2 is 1.83 bits per heavy atom. The average Bonchev–Trinajstić information content (AvgIpc) is 3.40. The van der Waals surface area contributed by atoms with Gasteiger partial charge in [-0.15, -0.1) is 10.2 Å². The van der Waals surface area contributed by atoms with Gasteiger partial charge >= 0.3 is 0 Å². The lowest BCUT2D eigenvalue weighted by atomic mass is 10.2. The van der Waals surface area contributed by atoms with Crippen LogP contribution in [0, 0.1) is 5.82 Å². The van der Waals surface area contributed by atoms with E-state index in [4.69, 9.17) is 0 Å². The minimum absolute atomic E-state index is 0.0319. The number of nitrogens with one attached hydrogen (secondary N) is 1. The molecule has 1 atom stereocenters. The molecule has 1 N–H and O–H groups in total. The van der Waals surface area contributed by atoms with Crippen molar-refractivity contribution in [3.8, 4) is 11.4 Å². The van der Waals surface area contributed by atoms with Crippen molar-refractivity contribution in [3.05, 3.63) is 66.0 Å². The zero-order valence-corrected chi connectivity index (χ0v) is 17.7. The third-order valence-electron chi connectivity index (χ3n) is 5.36. The van der Waals surface area contributed by atoms with Crippen LogP contribution in [-0.4, -0.2) is 32.0 Å².